The minimum absolute atomic E-state index is 0.413. The summed E-state index contributed by atoms with van der Waals surface area (Å²) in [6, 6.07) is 0. The van der Waals surface area contributed by atoms with Crippen LogP contribution >= 0.6 is 0 Å². The number of hydrogen-bond acceptors (Lipinski definition) is 3. The summed E-state index contributed by atoms with van der Waals surface area (Å²) < 4.78 is 10.5. The molecule has 0 fully saturated rings. The number of hydrogen-bond donors (Lipinski definition) is 0. The van der Waals surface area contributed by atoms with E-state index >= 15 is 0 Å². The third-order valence-corrected chi connectivity index (χ3v) is 1.82. The molecule has 0 aromatic carbocycles. The van der Waals surface area contributed by atoms with E-state index in [0.29, 0.717) is 19.1 Å². The molecule has 3 nitrogen and oxygen atoms in total. The summed E-state index contributed by atoms with van der Waals surface area (Å²) in [6.07, 6.45) is 5.47. The minimum Gasteiger partial charge on any atom is -0.384 e. The Morgan fingerprint density at radius 3 is 2.47 bits per heavy atom. The van der Waals surface area contributed by atoms with Crippen LogP contribution in [0.5, 0.6) is 0 Å². The van der Waals surface area contributed by atoms with Crippen molar-refractivity contribution in [1.29, 1.82) is 0 Å². The number of allylic oxidation sites excluding steroid dienone is 2. The average Bonchev–Trinajstić information content (AvgIpc) is 2.36. The highest BCUT2D eigenvalue weighted by molar-refractivity contribution is 5.96. The van der Waals surface area contributed by atoms with Crippen molar-refractivity contribution in [1.82, 2.24) is 0 Å². The minimum atomic E-state index is 0.413. The van der Waals surface area contributed by atoms with Crippen LogP contribution in [0.1, 0.15) is 20.8 Å². The van der Waals surface area contributed by atoms with Crippen molar-refractivity contribution in [2.24, 2.45) is 10.9 Å². The smallest absolute Gasteiger partial charge is 0.0883 e. The standard InChI is InChI=1S/C12H21NO2.C2H6/c1-5-6-7-12(13-3)10-15-9-11(2)8-14-4;1-2/h5-7,11H,1,8-10H2,2-4H3;1-2H3/b7-6-,13-12?;. The molecular formula is C14H27NO2. The lowest BCUT2D eigenvalue weighted by Gasteiger charge is -2.10. The summed E-state index contributed by atoms with van der Waals surface area (Å²) in [5.74, 6) is 0.413. The molecule has 0 saturated carbocycles. The molecule has 0 N–H and O–H groups in total. The molecule has 0 saturated heterocycles. The van der Waals surface area contributed by atoms with Crippen LogP contribution in [0, 0.1) is 5.92 Å². The number of nitrogens with zero attached hydrogens (tertiary/aromatic N) is 1. The van der Waals surface area contributed by atoms with Gasteiger partial charge in [0.25, 0.3) is 0 Å². The van der Waals surface area contributed by atoms with E-state index in [1.807, 2.05) is 26.0 Å². The quantitative estimate of drug-likeness (QED) is 0.483. The highest BCUT2D eigenvalue weighted by Crippen LogP contribution is 1.96. The summed E-state index contributed by atoms with van der Waals surface area (Å²) in [6.45, 7) is 11.6. The molecule has 0 aromatic rings. The topological polar surface area (TPSA) is 30.8 Å². The maximum absolute atomic E-state index is 5.50. The van der Waals surface area contributed by atoms with Crippen LogP contribution in [0.2, 0.25) is 0 Å². The lowest BCUT2D eigenvalue weighted by Crippen LogP contribution is -2.15. The first-order chi connectivity index (χ1) is 8.24. The van der Waals surface area contributed by atoms with E-state index in [4.69, 9.17) is 9.47 Å². The Kier molecular flexibility index (Phi) is 16.3. The lowest BCUT2D eigenvalue weighted by atomic mass is 10.2. The van der Waals surface area contributed by atoms with E-state index in [9.17, 15) is 0 Å². The molecule has 1 unspecified atom stereocenters. The molecular weight excluding hydrogens is 214 g/mol. The Morgan fingerprint density at radius 1 is 1.35 bits per heavy atom. The zero-order valence-electron chi connectivity index (χ0n) is 11.9. The van der Waals surface area contributed by atoms with Gasteiger partial charge in [-0.05, 0) is 6.08 Å². The lowest BCUT2D eigenvalue weighted by molar-refractivity contribution is 0.0825. The Morgan fingerprint density at radius 2 is 2.00 bits per heavy atom. The van der Waals surface area contributed by atoms with E-state index in [-0.39, 0.29) is 0 Å². The first kappa shape index (κ1) is 18.4. The van der Waals surface area contributed by atoms with Crippen LogP contribution in [0.3, 0.4) is 0 Å². The van der Waals surface area contributed by atoms with Gasteiger partial charge < -0.3 is 9.47 Å². The van der Waals surface area contributed by atoms with Gasteiger partial charge in [0.1, 0.15) is 0 Å². The Balaban J connectivity index is 0. The SMILES string of the molecule is C=C/C=C\C(COCC(C)COC)=NC.CC. The van der Waals surface area contributed by atoms with E-state index in [2.05, 4.69) is 18.5 Å². The normalized spacial score (nSPS) is 13.1. The number of methoxy groups -OCH3 is 1. The van der Waals surface area contributed by atoms with Gasteiger partial charge in [0.2, 0.25) is 0 Å². The highest BCUT2D eigenvalue weighted by atomic mass is 16.5. The van der Waals surface area contributed by atoms with Crippen LogP contribution in [0.4, 0.5) is 0 Å². The van der Waals surface area contributed by atoms with Crippen LogP contribution in [-0.2, 0) is 9.47 Å². The average molecular weight is 241 g/mol. The Labute approximate surface area is 106 Å². The molecule has 100 valence electrons. The maximum atomic E-state index is 5.50. The van der Waals surface area contributed by atoms with Gasteiger partial charge in [0, 0.05) is 20.1 Å². The van der Waals surface area contributed by atoms with Gasteiger partial charge >= 0.3 is 0 Å². The summed E-state index contributed by atoms with van der Waals surface area (Å²) in [5.41, 5.74) is 0.916. The second kappa shape index (κ2) is 15.1. The molecule has 0 radical (unpaired) electrons. The van der Waals surface area contributed by atoms with Crippen LogP contribution in [0.25, 0.3) is 0 Å². The molecule has 0 aliphatic carbocycles. The van der Waals surface area contributed by atoms with Crippen molar-refractivity contribution < 1.29 is 9.47 Å². The molecule has 0 aromatic heterocycles. The molecule has 0 aliphatic heterocycles. The molecule has 3 heteroatoms. The highest BCUT2D eigenvalue weighted by Gasteiger charge is 2.01. The van der Waals surface area contributed by atoms with Crippen molar-refractivity contribution in [2.45, 2.75) is 20.8 Å². The van der Waals surface area contributed by atoms with Crippen molar-refractivity contribution >= 4 is 5.71 Å². The van der Waals surface area contributed by atoms with Gasteiger partial charge in [-0.25, -0.2) is 0 Å². The van der Waals surface area contributed by atoms with E-state index in [1.165, 1.54) is 0 Å². The monoisotopic (exact) mass is 241 g/mol. The second-order valence-corrected chi connectivity index (χ2v) is 3.39. The Bertz CT molecular complexity index is 222. The van der Waals surface area contributed by atoms with E-state index in [0.717, 1.165) is 12.3 Å². The number of ether oxygens (including phenoxy) is 2. The molecule has 0 amide bonds. The number of rotatable bonds is 8. The zero-order chi connectivity index (χ0) is 13.5. The van der Waals surface area contributed by atoms with Crippen molar-refractivity contribution in [3.63, 3.8) is 0 Å². The molecule has 1 atom stereocenters. The molecule has 0 bridgehead atoms. The van der Waals surface area contributed by atoms with Crippen LogP contribution in [-0.4, -0.2) is 39.7 Å². The zero-order valence-corrected chi connectivity index (χ0v) is 11.9. The predicted octanol–water partition coefficient (Wildman–Crippen LogP) is 3.12. The fourth-order valence-electron chi connectivity index (χ4n) is 1.06. The van der Waals surface area contributed by atoms with Crippen LogP contribution < -0.4 is 0 Å². The van der Waals surface area contributed by atoms with Gasteiger partial charge in [-0.3, -0.25) is 4.99 Å². The van der Waals surface area contributed by atoms with Gasteiger partial charge in [-0.2, -0.15) is 0 Å². The van der Waals surface area contributed by atoms with Gasteiger partial charge in [-0.15, -0.1) is 0 Å². The van der Waals surface area contributed by atoms with Crippen molar-refractivity contribution in [3.8, 4) is 0 Å². The summed E-state index contributed by atoms with van der Waals surface area (Å²) in [4.78, 5) is 4.09. The summed E-state index contributed by atoms with van der Waals surface area (Å²) >= 11 is 0. The fourth-order valence-corrected chi connectivity index (χ4v) is 1.06. The maximum Gasteiger partial charge on any atom is 0.0883 e. The Hall–Kier alpha value is -0.930. The van der Waals surface area contributed by atoms with E-state index < -0.39 is 0 Å². The summed E-state index contributed by atoms with van der Waals surface area (Å²) in [7, 11) is 3.45. The molecule has 0 aliphatic rings. The first-order valence-electron chi connectivity index (χ1n) is 6.06. The number of aliphatic imine (C=N–C) groups is 1. The first-order valence-corrected chi connectivity index (χ1v) is 6.06. The van der Waals surface area contributed by atoms with Gasteiger partial charge in [0.05, 0.1) is 25.5 Å². The van der Waals surface area contributed by atoms with Gasteiger partial charge in [0.15, 0.2) is 0 Å². The van der Waals surface area contributed by atoms with Crippen LogP contribution in [0.15, 0.2) is 29.8 Å². The third-order valence-electron chi connectivity index (χ3n) is 1.82. The van der Waals surface area contributed by atoms with Gasteiger partial charge in [-0.1, -0.05) is 39.5 Å². The molecule has 0 rings (SSSR count). The molecule has 0 spiro atoms. The summed E-state index contributed by atoms with van der Waals surface area (Å²) in [5, 5.41) is 0. The fraction of sp³-hybridized carbons (Fsp3) is 0.643. The molecule has 0 heterocycles. The largest absolute Gasteiger partial charge is 0.384 e. The van der Waals surface area contributed by atoms with Crippen molar-refractivity contribution in [3.05, 3.63) is 24.8 Å². The predicted molar refractivity (Wildman–Crippen MR) is 75.9 cm³/mol. The van der Waals surface area contributed by atoms with E-state index in [1.54, 1.807) is 20.2 Å². The third kappa shape index (κ3) is 13.0. The van der Waals surface area contributed by atoms with Crippen molar-refractivity contribution in [2.75, 3.05) is 34.0 Å². The second-order valence-electron chi connectivity index (χ2n) is 3.39. The molecule has 17 heavy (non-hydrogen) atoms.